The van der Waals surface area contributed by atoms with E-state index >= 15 is 0 Å². The van der Waals surface area contributed by atoms with Crippen LogP contribution < -0.4 is 21.1 Å². The smallest absolute Gasteiger partial charge is 0.338 e. The lowest BCUT2D eigenvalue weighted by atomic mass is 10.2. The Morgan fingerprint density at radius 2 is 1.33 bits per heavy atom. The van der Waals surface area contributed by atoms with E-state index in [9.17, 15) is 19.2 Å². The minimum atomic E-state index is -0.723. The predicted molar refractivity (Wildman–Crippen MR) is 124 cm³/mol. The summed E-state index contributed by atoms with van der Waals surface area (Å²) >= 11 is 0. The van der Waals surface area contributed by atoms with Gasteiger partial charge in [0.1, 0.15) is 0 Å². The number of ether oxygens (including phenoxy) is 1. The van der Waals surface area contributed by atoms with Crippen molar-refractivity contribution in [2.75, 3.05) is 22.2 Å². The molecule has 168 valence electrons. The summed E-state index contributed by atoms with van der Waals surface area (Å²) in [6, 6.07) is 22.6. The molecule has 9 nitrogen and oxygen atoms in total. The Morgan fingerprint density at radius 3 is 1.94 bits per heavy atom. The number of amides is 4. The Hall–Kier alpha value is -4.66. The molecule has 0 aliphatic rings. The van der Waals surface area contributed by atoms with Crippen LogP contribution in [0.3, 0.4) is 0 Å². The number of hydrazine groups is 1. The molecule has 4 amide bonds. The van der Waals surface area contributed by atoms with Crippen molar-refractivity contribution in [3.63, 3.8) is 0 Å². The third-order valence-electron chi connectivity index (χ3n) is 4.28. The molecular weight excluding hydrogens is 424 g/mol. The molecule has 3 rings (SSSR count). The van der Waals surface area contributed by atoms with E-state index in [1.807, 2.05) is 6.07 Å². The average Bonchev–Trinajstić information content (AvgIpc) is 2.82. The van der Waals surface area contributed by atoms with Gasteiger partial charge >= 0.3 is 12.0 Å². The number of benzene rings is 3. The molecule has 3 aromatic rings. The molecule has 0 radical (unpaired) electrons. The number of nitrogens with zero attached hydrogens (tertiary/aromatic N) is 1. The van der Waals surface area contributed by atoms with E-state index in [0.29, 0.717) is 17.1 Å². The second-order valence-corrected chi connectivity index (χ2v) is 6.83. The summed E-state index contributed by atoms with van der Waals surface area (Å²) in [5.74, 6) is -1.62. The highest BCUT2D eigenvalue weighted by Gasteiger charge is 2.20. The van der Waals surface area contributed by atoms with E-state index in [1.54, 1.807) is 66.7 Å². The van der Waals surface area contributed by atoms with Crippen LogP contribution in [0.15, 0.2) is 84.9 Å². The maximum absolute atomic E-state index is 12.8. The van der Waals surface area contributed by atoms with Crippen LogP contribution in [0.25, 0.3) is 0 Å². The normalized spacial score (nSPS) is 9.97. The first-order valence-electron chi connectivity index (χ1n) is 9.98. The van der Waals surface area contributed by atoms with Gasteiger partial charge in [-0.3, -0.25) is 9.59 Å². The van der Waals surface area contributed by atoms with Crippen LogP contribution in [-0.2, 0) is 14.3 Å². The number of rotatable bonds is 6. The first kappa shape index (κ1) is 23.0. The zero-order valence-corrected chi connectivity index (χ0v) is 17.8. The van der Waals surface area contributed by atoms with Crippen molar-refractivity contribution in [2.45, 2.75) is 6.92 Å². The molecule has 0 saturated carbocycles. The van der Waals surface area contributed by atoms with Crippen molar-refractivity contribution in [2.24, 2.45) is 0 Å². The molecule has 0 saturated heterocycles. The number of esters is 1. The van der Waals surface area contributed by atoms with Crippen LogP contribution in [-0.4, -0.2) is 30.4 Å². The van der Waals surface area contributed by atoms with Crippen molar-refractivity contribution >= 4 is 40.9 Å². The molecule has 3 aromatic carbocycles. The van der Waals surface area contributed by atoms with Crippen LogP contribution in [0, 0.1) is 0 Å². The summed E-state index contributed by atoms with van der Waals surface area (Å²) in [7, 11) is 0. The van der Waals surface area contributed by atoms with Crippen LogP contribution in [0.4, 0.5) is 21.9 Å². The van der Waals surface area contributed by atoms with Crippen molar-refractivity contribution in [3.05, 3.63) is 90.5 Å². The minimum Gasteiger partial charge on any atom is -0.452 e. The van der Waals surface area contributed by atoms with Crippen LogP contribution in [0.2, 0.25) is 0 Å². The highest BCUT2D eigenvalue weighted by Crippen LogP contribution is 2.14. The van der Waals surface area contributed by atoms with Gasteiger partial charge in [-0.05, 0) is 48.5 Å². The molecular formula is C24H22N4O5. The molecule has 0 spiro atoms. The van der Waals surface area contributed by atoms with Gasteiger partial charge in [-0.25, -0.2) is 20.0 Å². The Balaban J connectivity index is 1.64. The molecule has 0 unspecified atom stereocenters. The number of anilines is 3. The van der Waals surface area contributed by atoms with Gasteiger partial charge in [-0.15, -0.1) is 0 Å². The van der Waals surface area contributed by atoms with Gasteiger partial charge in [0.2, 0.25) is 5.91 Å². The maximum Gasteiger partial charge on any atom is 0.338 e. The molecule has 0 fully saturated rings. The Bertz CT molecular complexity index is 1120. The largest absolute Gasteiger partial charge is 0.452 e. The zero-order chi connectivity index (χ0) is 23.6. The predicted octanol–water partition coefficient (Wildman–Crippen LogP) is 3.57. The van der Waals surface area contributed by atoms with E-state index in [4.69, 9.17) is 4.74 Å². The quantitative estimate of drug-likeness (QED) is 0.395. The Kier molecular flexibility index (Phi) is 7.74. The van der Waals surface area contributed by atoms with E-state index in [1.165, 1.54) is 19.1 Å². The van der Waals surface area contributed by atoms with Gasteiger partial charge in [-0.2, -0.15) is 0 Å². The Morgan fingerprint density at radius 1 is 0.758 bits per heavy atom. The van der Waals surface area contributed by atoms with Crippen LogP contribution in [0.5, 0.6) is 0 Å². The molecule has 9 heteroatoms. The number of urea groups is 1. The summed E-state index contributed by atoms with van der Waals surface area (Å²) in [6.07, 6.45) is 0. The topological polar surface area (TPSA) is 117 Å². The van der Waals surface area contributed by atoms with E-state index in [2.05, 4.69) is 16.1 Å². The van der Waals surface area contributed by atoms with Gasteiger partial charge in [0.15, 0.2) is 6.61 Å². The summed E-state index contributed by atoms with van der Waals surface area (Å²) in [5.41, 5.74) is 4.14. The number of carbonyl (C=O) groups is 4. The monoisotopic (exact) mass is 446 g/mol. The van der Waals surface area contributed by atoms with Gasteiger partial charge in [0, 0.05) is 18.3 Å². The highest BCUT2D eigenvalue weighted by molar-refractivity contribution is 6.01. The first-order valence-corrected chi connectivity index (χ1v) is 9.98. The van der Waals surface area contributed by atoms with Gasteiger partial charge < -0.3 is 15.4 Å². The number of hydrogen-bond acceptors (Lipinski definition) is 5. The van der Waals surface area contributed by atoms with E-state index in [-0.39, 0.29) is 11.5 Å². The van der Waals surface area contributed by atoms with Gasteiger partial charge in [-0.1, -0.05) is 36.4 Å². The van der Waals surface area contributed by atoms with Crippen molar-refractivity contribution in [1.82, 2.24) is 5.43 Å². The van der Waals surface area contributed by atoms with Crippen molar-refractivity contribution in [1.29, 1.82) is 0 Å². The van der Waals surface area contributed by atoms with E-state index < -0.39 is 24.5 Å². The molecule has 0 bridgehead atoms. The summed E-state index contributed by atoms with van der Waals surface area (Å²) in [5, 5.41) is 6.22. The maximum atomic E-state index is 12.8. The standard InChI is InChI=1S/C24H22N4O5/c1-17(29)25-20-14-12-18(13-15-20)23(31)33-16-22(30)28(21-10-6-3-7-11-21)27-24(32)26-19-8-4-2-5-9-19/h2-15H,16H2,1H3,(H,25,29)(H2,26,27,32). The second kappa shape index (κ2) is 11.1. The summed E-state index contributed by atoms with van der Waals surface area (Å²) in [6.45, 7) is 0.771. The molecule has 0 atom stereocenters. The lowest BCUT2D eigenvalue weighted by molar-refractivity contribution is -0.122. The second-order valence-electron chi connectivity index (χ2n) is 6.83. The molecule has 0 aliphatic carbocycles. The average molecular weight is 446 g/mol. The third kappa shape index (κ3) is 6.93. The molecule has 3 N–H and O–H groups in total. The number of carbonyl (C=O) groups excluding carboxylic acids is 4. The SMILES string of the molecule is CC(=O)Nc1ccc(C(=O)OCC(=O)N(NC(=O)Nc2ccccc2)c2ccccc2)cc1. The zero-order valence-electron chi connectivity index (χ0n) is 17.8. The summed E-state index contributed by atoms with van der Waals surface area (Å²) in [4.78, 5) is 48.6. The molecule has 0 aromatic heterocycles. The van der Waals surface area contributed by atoms with Crippen molar-refractivity contribution < 1.29 is 23.9 Å². The lowest BCUT2D eigenvalue weighted by Gasteiger charge is -2.23. The molecule has 0 heterocycles. The number of para-hydroxylation sites is 2. The summed E-state index contributed by atoms with van der Waals surface area (Å²) < 4.78 is 5.12. The lowest BCUT2D eigenvalue weighted by Crippen LogP contribution is -2.49. The van der Waals surface area contributed by atoms with Gasteiger partial charge in [0.05, 0.1) is 11.3 Å². The number of hydrogen-bond donors (Lipinski definition) is 3. The third-order valence-corrected chi connectivity index (χ3v) is 4.28. The van der Waals surface area contributed by atoms with Crippen LogP contribution >= 0.6 is 0 Å². The fraction of sp³-hybridized carbons (Fsp3) is 0.0833. The first-order chi connectivity index (χ1) is 15.9. The van der Waals surface area contributed by atoms with E-state index in [0.717, 1.165) is 5.01 Å². The molecule has 33 heavy (non-hydrogen) atoms. The van der Waals surface area contributed by atoms with Crippen LogP contribution in [0.1, 0.15) is 17.3 Å². The minimum absolute atomic E-state index is 0.206. The Labute approximate surface area is 190 Å². The molecule has 0 aliphatic heterocycles. The highest BCUT2D eigenvalue weighted by atomic mass is 16.5. The fourth-order valence-corrected chi connectivity index (χ4v) is 2.80. The van der Waals surface area contributed by atoms with Crippen molar-refractivity contribution in [3.8, 4) is 0 Å². The fourth-order valence-electron chi connectivity index (χ4n) is 2.80. The van der Waals surface area contributed by atoms with Gasteiger partial charge in [0.25, 0.3) is 5.91 Å². The number of nitrogens with one attached hydrogen (secondary N) is 3.